The number of carbonyl (C=O) groups is 1. The van der Waals surface area contributed by atoms with Crippen molar-refractivity contribution >= 4 is 58.7 Å². The van der Waals surface area contributed by atoms with Gasteiger partial charge in [0.1, 0.15) is 0 Å². The molecule has 0 aliphatic heterocycles. The summed E-state index contributed by atoms with van der Waals surface area (Å²) in [5.41, 5.74) is 5.98. The van der Waals surface area contributed by atoms with E-state index < -0.39 is 0 Å². The van der Waals surface area contributed by atoms with Crippen LogP contribution in [-0.4, -0.2) is 32.6 Å². The van der Waals surface area contributed by atoms with Crippen LogP contribution in [0.25, 0.3) is 17.1 Å². The molecular formula is C24H18Cl3N5OS. The molecule has 6 nitrogen and oxygen atoms in total. The topological polar surface area (TPSA) is 72.2 Å². The number of carbonyl (C=O) groups excluding carboxylic acids is 1. The molecule has 4 aromatic rings. The number of rotatable bonds is 7. The Bertz CT molecular complexity index is 1340. The summed E-state index contributed by atoms with van der Waals surface area (Å²) >= 11 is 19.4. The Hall–Kier alpha value is -2.84. The molecule has 0 radical (unpaired) electrons. The second-order valence-corrected chi connectivity index (χ2v) is 9.37. The van der Waals surface area contributed by atoms with Crippen molar-refractivity contribution < 1.29 is 4.79 Å². The molecule has 0 saturated heterocycles. The van der Waals surface area contributed by atoms with Crippen molar-refractivity contribution in [1.82, 2.24) is 20.2 Å². The van der Waals surface area contributed by atoms with Crippen LogP contribution in [-0.2, 0) is 4.79 Å². The number of hydrogen-bond acceptors (Lipinski definition) is 5. The van der Waals surface area contributed by atoms with Crippen molar-refractivity contribution in [2.45, 2.75) is 12.1 Å². The fourth-order valence-electron chi connectivity index (χ4n) is 3.03. The number of hydrazone groups is 1. The zero-order chi connectivity index (χ0) is 24.1. The van der Waals surface area contributed by atoms with E-state index in [4.69, 9.17) is 34.8 Å². The predicted molar refractivity (Wildman–Crippen MR) is 139 cm³/mol. The zero-order valence-electron chi connectivity index (χ0n) is 17.9. The highest BCUT2D eigenvalue weighted by Crippen LogP contribution is 2.29. The molecular weight excluding hydrogens is 513 g/mol. The molecule has 0 unspecified atom stereocenters. The van der Waals surface area contributed by atoms with Gasteiger partial charge in [-0.3, -0.25) is 9.36 Å². The van der Waals surface area contributed by atoms with E-state index in [0.29, 0.717) is 31.6 Å². The first kappa shape index (κ1) is 24.3. The monoisotopic (exact) mass is 529 g/mol. The first-order valence-electron chi connectivity index (χ1n) is 10.1. The number of nitrogens with one attached hydrogen (secondary N) is 1. The third kappa shape index (κ3) is 5.80. The molecule has 1 heterocycles. The molecule has 0 bridgehead atoms. The highest BCUT2D eigenvalue weighted by molar-refractivity contribution is 7.99. The van der Waals surface area contributed by atoms with Crippen molar-refractivity contribution in [3.63, 3.8) is 0 Å². The molecule has 1 amide bonds. The van der Waals surface area contributed by atoms with Gasteiger partial charge in [-0.15, -0.1) is 10.2 Å². The molecule has 0 aliphatic carbocycles. The number of aromatic nitrogens is 3. The van der Waals surface area contributed by atoms with Crippen LogP contribution in [0.15, 0.2) is 77.0 Å². The first-order chi connectivity index (χ1) is 16.4. The van der Waals surface area contributed by atoms with Crippen LogP contribution in [0.2, 0.25) is 15.1 Å². The van der Waals surface area contributed by atoms with Gasteiger partial charge in [-0.05, 0) is 49.4 Å². The maximum atomic E-state index is 12.4. The van der Waals surface area contributed by atoms with Crippen molar-refractivity contribution in [1.29, 1.82) is 0 Å². The summed E-state index contributed by atoms with van der Waals surface area (Å²) in [5.74, 6) is 0.438. The van der Waals surface area contributed by atoms with Gasteiger partial charge in [-0.25, -0.2) is 5.43 Å². The van der Waals surface area contributed by atoms with E-state index >= 15 is 0 Å². The molecule has 3 aromatic carbocycles. The van der Waals surface area contributed by atoms with E-state index in [2.05, 4.69) is 20.7 Å². The lowest BCUT2D eigenvalue weighted by atomic mass is 10.2. The third-order valence-corrected chi connectivity index (χ3v) is 6.75. The van der Waals surface area contributed by atoms with E-state index in [1.54, 1.807) is 30.3 Å². The normalized spacial score (nSPS) is 11.2. The fraction of sp³-hybridized carbons (Fsp3) is 0.0833. The molecule has 172 valence electrons. The largest absolute Gasteiger partial charge is 0.272 e. The lowest BCUT2D eigenvalue weighted by molar-refractivity contribution is -0.118. The molecule has 34 heavy (non-hydrogen) atoms. The Morgan fingerprint density at radius 2 is 1.76 bits per heavy atom. The molecule has 0 atom stereocenters. The van der Waals surface area contributed by atoms with Crippen LogP contribution >= 0.6 is 46.6 Å². The second kappa shape index (κ2) is 11.1. The maximum Gasteiger partial charge on any atom is 0.250 e. The molecule has 1 aromatic heterocycles. The Labute approximate surface area is 215 Å². The highest BCUT2D eigenvalue weighted by atomic mass is 35.5. The average Bonchev–Trinajstić information content (AvgIpc) is 3.25. The van der Waals surface area contributed by atoms with Gasteiger partial charge in [0.2, 0.25) is 0 Å². The average molecular weight is 531 g/mol. The fourth-order valence-corrected chi connectivity index (χ4v) is 4.26. The standard InChI is InChI=1S/C24H18Cl3N5OS/c1-15-5-11-19(12-6-15)32-23(16-7-9-18(25)10-8-16)30-31-24(32)34-14-21(33)29-28-13-17-3-2-4-20(26)22(17)27/h2-13H,14H2,1H3,(H,29,33)/b28-13+. The van der Waals surface area contributed by atoms with E-state index in [-0.39, 0.29) is 11.7 Å². The third-order valence-electron chi connectivity index (χ3n) is 4.73. The molecule has 0 saturated carbocycles. The van der Waals surface area contributed by atoms with Crippen molar-refractivity contribution in [3.8, 4) is 17.1 Å². The number of amides is 1. The maximum absolute atomic E-state index is 12.4. The number of nitrogens with zero attached hydrogens (tertiary/aromatic N) is 4. The van der Waals surface area contributed by atoms with Gasteiger partial charge in [0.05, 0.1) is 22.0 Å². The molecule has 0 fully saturated rings. The lowest BCUT2D eigenvalue weighted by Gasteiger charge is -2.10. The summed E-state index contributed by atoms with van der Waals surface area (Å²) in [4.78, 5) is 12.4. The zero-order valence-corrected chi connectivity index (χ0v) is 21.0. The minimum Gasteiger partial charge on any atom is -0.272 e. The van der Waals surface area contributed by atoms with E-state index in [0.717, 1.165) is 16.8 Å². The summed E-state index contributed by atoms with van der Waals surface area (Å²) in [6.45, 7) is 2.02. The summed E-state index contributed by atoms with van der Waals surface area (Å²) in [5, 5.41) is 14.7. The number of aryl methyl sites for hydroxylation is 1. The summed E-state index contributed by atoms with van der Waals surface area (Å²) in [6, 6.07) is 20.5. The van der Waals surface area contributed by atoms with Crippen LogP contribution in [0.1, 0.15) is 11.1 Å². The van der Waals surface area contributed by atoms with Crippen LogP contribution in [0.4, 0.5) is 0 Å². The number of hydrogen-bond donors (Lipinski definition) is 1. The van der Waals surface area contributed by atoms with Gasteiger partial charge in [0, 0.05) is 21.8 Å². The van der Waals surface area contributed by atoms with Crippen LogP contribution < -0.4 is 5.43 Å². The van der Waals surface area contributed by atoms with Crippen molar-refractivity contribution in [2.24, 2.45) is 5.10 Å². The van der Waals surface area contributed by atoms with Gasteiger partial charge < -0.3 is 0 Å². The molecule has 0 aliphatic rings. The number of benzene rings is 3. The molecule has 4 rings (SSSR count). The Balaban J connectivity index is 1.51. The van der Waals surface area contributed by atoms with Crippen LogP contribution in [0.3, 0.4) is 0 Å². The van der Waals surface area contributed by atoms with Crippen LogP contribution in [0.5, 0.6) is 0 Å². The van der Waals surface area contributed by atoms with Gasteiger partial charge in [0.15, 0.2) is 11.0 Å². The second-order valence-electron chi connectivity index (χ2n) is 7.21. The van der Waals surface area contributed by atoms with E-state index in [1.165, 1.54) is 18.0 Å². The smallest absolute Gasteiger partial charge is 0.250 e. The van der Waals surface area contributed by atoms with Crippen molar-refractivity contribution in [2.75, 3.05) is 5.75 Å². The summed E-state index contributed by atoms with van der Waals surface area (Å²) in [6.07, 6.45) is 1.45. The van der Waals surface area contributed by atoms with Gasteiger partial charge >= 0.3 is 0 Å². The Morgan fingerprint density at radius 3 is 2.50 bits per heavy atom. The van der Waals surface area contributed by atoms with Crippen molar-refractivity contribution in [3.05, 3.63) is 92.9 Å². The van der Waals surface area contributed by atoms with Gasteiger partial charge in [0.25, 0.3) is 5.91 Å². The van der Waals surface area contributed by atoms with Gasteiger partial charge in [-0.1, -0.05) is 76.4 Å². The number of thioether (sulfide) groups is 1. The summed E-state index contributed by atoms with van der Waals surface area (Å²) in [7, 11) is 0. The first-order valence-corrected chi connectivity index (χ1v) is 12.2. The SMILES string of the molecule is Cc1ccc(-n2c(SCC(=O)N/N=C/c3cccc(Cl)c3Cl)nnc2-c2ccc(Cl)cc2)cc1. The predicted octanol–water partition coefficient (Wildman–Crippen LogP) is 6.45. The summed E-state index contributed by atoms with van der Waals surface area (Å²) < 4.78 is 1.91. The lowest BCUT2D eigenvalue weighted by Crippen LogP contribution is -2.20. The minimum absolute atomic E-state index is 0.0885. The van der Waals surface area contributed by atoms with E-state index in [9.17, 15) is 4.79 Å². The Kier molecular flexibility index (Phi) is 7.90. The Morgan fingerprint density at radius 1 is 1.03 bits per heavy atom. The quantitative estimate of drug-likeness (QED) is 0.169. The molecule has 10 heteroatoms. The number of halogens is 3. The highest BCUT2D eigenvalue weighted by Gasteiger charge is 2.17. The molecule has 1 N–H and O–H groups in total. The van der Waals surface area contributed by atoms with Gasteiger partial charge in [-0.2, -0.15) is 5.10 Å². The van der Waals surface area contributed by atoms with E-state index in [1.807, 2.05) is 47.9 Å². The van der Waals surface area contributed by atoms with Crippen LogP contribution in [0, 0.1) is 6.92 Å². The molecule has 0 spiro atoms. The minimum atomic E-state index is -0.300.